The molecule has 0 bridgehead atoms. The Labute approximate surface area is 188 Å². The zero-order valence-corrected chi connectivity index (χ0v) is 18.6. The van der Waals surface area contributed by atoms with Gasteiger partial charge in [-0.05, 0) is 24.3 Å². The predicted molar refractivity (Wildman–Crippen MR) is 130 cm³/mol. The number of aromatic nitrogens is 2. The van der Waals surface area contributed by atoms with Crippen molar-refractivity contribution in [2.24, 2.45) is 0 Å². The minimum absolute atomic E-state index is 0.804. The summed E-state index contributed by atoms with van der Waals surface area (Å²) >= 11 is 3.54. The van der Waals surface area contributed by atoms with Crippen molar-refractivity contribution in [1.82, 2.24) is 9.97 Å². The highest BCUT2D eigenvalue weighted by atomic mass is 32.1. The normalized spacial score (nSPS) is 15.2. The zero-order valence-electron chi connectivity index (χ0n) is 16.9. The van der Waals surface area contributed by atoms with Crippen molar-refractivity contribution in [3.05, 3.63) is 84.4 Å². The van der Waals surface area contributed by atoms with Crippen molar-refractivity contribution in [3.8, 4) is 0 Å². The third-order valence-electron chi connectivity index (χ3n) is 5.57. The molecular weight excluding hydrogens is 422 g/mol. The summed E-state index contributed by atoms with van der Waals surface area (Å²) in [6.45, 7) is 3.63. The summed E-state index contributed by atoms with van der Waals surface area (Å²) in [6, 6.07) is 27.5. The van der Waals surface area contributed by atoms with Crippen LogP contribution in [0.2, 0.25) is 0 Å². The standard InChI is InChI=1S/C24H21N5S2/c1-2-8-18(9-3-1)14-27-15-28(23-25-19-10-4-6-12-21(19)30-23)17-29(16-27)24-26-20-11-5-7-13-22(20)31-24/h1-13H,14-17H2/p+1. The maximum Gasteiger partial charge on any atom is 0.192 e. The van der Waals surface area contributed by atoms with Gasteiger partial charge < -0.3 is 0 Å². The van der Waals surface area contributed by atoms with Gasteiger partial charge in [-0.25, -0.2) is 9.97 Å². The van der Waals surface area contributed by atoms with Crippen molar-refractivity contribution in [2.75, 3.05) is 29.8 Å². The molecule has 0 saturated carbocycles. The minimum atomic E-state index is 0.804. The van der Waals surface area contributed by atoms with Crippen molar-refractivity contribution in [3.63, 3.8) is 0 Å². The molecule has 2 aromatic heterocycles. The van der Waals surface area contributed by atoms with E-state index in [0.717, 1.165) is 47.8 Å². The van der Waals surface area contributed by atoms with Crippen LogP contribution >= 0.6 is 22.7 Å². The number of para-hydroxylation sites is 2. The van der Waals surface area contributed by atoms with Gasteiger partial charge in [0.05, 0.1) is 20.4 Å². The first-order valence-electron chi connectivity index (χ1n) is 10.4. The fourth-order valence-electron chi connectivity index (χ4n) is 4.14. The molecule has 0 radical (unpaired) electrons. The average molecular weight is 445 g/mol. The van der Waals surface area contributed by atoms with Gasteiger partial charge in [-0.3, -0.25) is 14.7 Å². The summed E-state index contributed by atoms with van der Waals surface area (Å²) < 4.78 is 2.47. The molecule has 3 heterocycles. The van der Waals surface area contributed by atoms with Crippen LogP contribution in [0.5, 0.6) is 0 Å². The quantitative estimate of drug-likeness (QED) is 0.451. The van der Waals surface area contributed by atoms with E-state index in [-0.39, 0.29) is 0 Å². The molecular formula is C24H22N5S2+. The van der Waals surface area contributed by atoms with Crippen LogP contribution in [0.3, 0.4) is 0 Å². The number of hydrogen-bond acceptors (Lipinski definition) is 6. The van der Waals surface area contributed by atoms with E-state index in [1.54, 1.807) is 22.7 Å². The second kappa shape index (κ2) is 7.92. The van der Waals surface area contributed by atoms with Crippen LogP contribution in [0.25, 0.3) is 20.4 Å². The van der Waals surface area contributed by atoms with E-state index in [1.807, 2.05) is 0 Å². The fourth-order valence-corrected chi connectivity index (χ4v) is 6.05. The molecule has 6 rings (SSSR count). The first kappa shape index (κ1) is 18.7. The van der Waals surface area contributed by atoms with Crippen molar-refractivity contribution in [2.45, 2.75) is 6.54 Å². The van der Waals surface area contributed by atoms with E-state index in [1.165, 1.54) is 19.9 Å². The van der Waals surface area contributed by atoms with Crippen LogP contribution in [-0.4, -0.2) is 30.0 Å². The molecule has 3 aromatic carbocycles. The number of rotatable bonds is 4. The molecule has 5 aromatic rings. The molecule has 0 spiro atoms. The lowest BCUT2D eigenvalue weighted by Gasteiger charge is -2.39. The number of benzene rings is 3. The van der Waals surface area contributed by atoms with Crippen LogP contribution < -0.4 is 14.7 Å². The second-order valence-corrected chi connectivity index (χ2v) is 9.90. The first-order chi connectivity index (χ1) is 15.3. The topological polar surface area (TPSA) is 36.7 Å². The third-order valence-corrected chi connectivity index (χ3v) is 7.77. The lowest BCUT2D eigenvalue weighted by atomic mass is 10.2. The maximum atomic E-state index is 4.94. The first-order valence-corrected chi connectivity index (χ1v) is 12.0. The molecule has 154 valence electrons. The van der Waals surface area contributed by atoms with Gasteiger partial charge in [-0.2, -0.15) is 0 Å². The summed E-state index contributed by atoms with van der Waals surface area (Å²) in [5.41, 5.74) is 3.50. The minimum Gasteiger partial charge on any atom is -0.297 e. The van der Waals surface area contributed by atoms with Gasteiger partial charge in [-0.1, -0.05) is 77.3 Å². The van der Waals surface area contributed by atoms with Crippen LogP contribution in [0.1, 0.15) is 5.56 Å². The Morgan fingerprint density at radius 1 is 0.677 bits per heavy atom. The van der Waals surface area contributed by atoms with E-state index in [4.69, 9.17) is 9.97 Å². The summed E-state index contributed by atoms with van der Waals surface area (Å²) in [4.78, 5) is 16.2. The Morgan fingerprint density at radius 2 is 1.19 bits per heavy atom. The van der Waals surface area contributed by atoms with Gasteiger partial charge >= 0.3 is 0 Å². The van der Waals surface area contributed by atoms with Crippen LogP contribution in [-0.2, 0) is 6.54 Å². The van der Waals surface area contributed by atoms with Crippen LogP contribution in [0.15, 0.2) is 78.9 Å². The van der Waals surface area contributed by atoms with Gasteiger partial charge in [0.1, 0.15) is 13.2 Å². The Kier molecular flexibility index (Phi) is 4.79. The van der Waals surface area contributed by atoms with Crippen LogP contribution in [0, 0.1) is 0 Å². The fraction of sp³-hybridized carbons (Fsp3) is 0.167. The highest BCUT2D eigenvalue weighted by molar-refractivity contribution is 7.22. The van der Waals surface area contributed by atoms with Crippen LogP contribution in [0.4, 0.5) is 10.3 Å². The van der Waals surface area contributed by atoms with Gasteiger partial charge in [-0.15, -0.1) is 0 Å². The zero-order chi connectivity index (χ0) is 20.6. The molecule has 1 aliphatic heterocycles. The van der Waals surface area contributed by atoms with Gasteiger partial charge in [0.15, 0.2) is 23.6 Å². The van der Waals surface area contributed by atoms with Crippen molar-refractivity contribution < 1.29 is 4.90 Å². The molecule has 0 unspecified atom stereocenters. The number of anilines is 2. The molecule has 1 aliphatic rings. The summed E-state index contributed by atoms with van der Waals surface area (Å²) in [5.74, 6) is 0. The van der Waals surface area contributed by atoms with Gasteiger partial charge in [0.2, 0.25) is 0 Å². The van der Waals surface area contributed by atoms with E-state index in [9.17, 15) is 0 Å². The second-order valence-electron chi connectivity index (χ2n) is 7.88. The molecule has 0 aliphatic carbocycles. The Bertz CT molecular complexity index is 1180. The lowest BCUT2D eigenvalue weighted by molar-refractivity contribution is -0.916. The molecule has 1 fully saturated rings. The predicted octanol–water partition coefficient (Wildman–Crippen LogP) is 4.19. The summed E-state index contributed by atoms with van der Waals surface area (Å²) in [6.07, 6.45) is 0. The molecule has 7 heteroatoms. The van der Waals surface area contributed by atoms with Gasteiger partial charge in [0, 0.05) is 5.56 Å². The largest absolute Gasteiger partial charge is 0.297 e. The number of nitrogens with one attached hydrogen (secondary N) is 1. The summed E-state index contributed by atoms with van der Waals surface area (Å²) in [7, 11) is 0. The highest BCUT2D eigenvalue weighted by Crippen LogP contribution is 2.32. The van der Waals surface area contributed by atoms with Gasteiger partial charge in [0.25, 0.3) is 0 Å². The SMILES string of the molecule is c1ccc(C[NH+]2CN(c3nc4ccccc4s3)CN(c3nc4ccccc4s3)C2)cc1. The molecule has 0 amide bonds. The van der Waals surface area contributed by atoms with E-state index in [0.29, 0.717) is 0 Å². The molecule has 1 N–H and O–H groups in total. The molecule has 31 heavy (non-hydrogen) atoms. The van der Waals surface area contributed by atoms with E-state index in [2.05, 4.69) is 88.7 Å². The van der Waals surface area contributed by atoms with Crippen molar-refractivity contribution in [1.29, 1.82) is 0 Å². The lowest BCUT2D eigenvalue weighted by Crippen LogP contribution is -3.16. The average Bonchev–Trinajstić information content (AvgIpc) is 3.44. The summed E-state index contributed by atoms with van der Waals surface area (Å²) in [5, 5.41) is 2.16. The number of nitrogens with zero attached hydrogens (tertiary/aromatic N) is 4. The molecule has 5 nitrogen and oxygen atoms in total. The maximum absolute atomic E-state index is 4.94. The number of fused-ring (bicyclic) bond motifs is 2. The molecule has 1 saturated heterocycles. The number of hydrogen-bond donors (Lipinski definition) is 1. The Hall–Kier alpha value is -3.00. The smallest absolute Gasteiger partial charge is 0.192 e. The third kappa shape index (κ3) is 3.76. The van der Waals surface area contributed by atoms with E-state index < -0.39 is 0 Å². The number of quaternary nitrogens is 1. The Balaban J connectivity index is 1.34. The Morgan fingerprint density at radius 3 is 1.74 bits per heavy atom. The van der Waals surface area contributed by atoms with Crippen molar-refractivity contribution >= 4 is 53.4 Å². The monoisotopic (exact) mass is 444 g/mol. The highest BCUT2D eigenvalue weighted by Gasteiger charge is 2.30. The number of thiazole rings is 2. The molecule has 0 atom stereocenters. The van der Waals surface area contributed by atoms with E-state index >= 15 is 0 Å².